The molecule has 3 atom stereocenters. The van der Waals surface area contributed by atoms with E-state index in [1.807, 2.05) is 12.4 Å². The molecule has 5 rings (SSSR count). The maximum Gasteiger partial charge on any atom is 0.226 e. The van der Waals surface area contributed by atoms with E-state index in [2.05, 4.69) is 26.9 Å². The minimum atomic E-state index is 0.183. The van der Waals surface area contributed by atoms with E-state index in [1.54, 1.807) is 0 Å². The van der Waals surface area contributed by atoms with Gasteiger partial charge in [0.05, 0.1) is 26.4 Å². The van der Waals surface area contributed by atoms with Gasteiger partial charge in [-0.1, -0.05) is 0 Å². The Bertz CT molecular complexity index is 665. The van der Waals surface area contributed by atoms with Gasteiger partial charge in [0.1, 0.15) is 0 Å². The Morgan fingerprint density at radius 2 is 1.85 bits per heavy atom. The predicted octanol–water partition coefficient (Wildman–Crippen LogP) is 1.42. The van der Waals surface area contributed by atoms with Crippen LogP contribution in [0.1, 0.15) is 18.4 Å². The fraction of sp³-hybridized carbons (Fsp3) is 0.714. The third-order valence-corrected chi connectivity index (χ3v) is 7.05. The van der Waals surface area contributed by atoms with Crippen molar-refractivity contribution in [3.63, 3.8) is 0 Å². The Morgan fingerprint density at radius 3 is 2.59 bits per heavy atom. The molecule has 0 radical (unpaired) electrons. The van der Waals surface area contributed by atoms with Gasteiger partial charge < -0.3 is 14.4 Å². The lowest BCUT2D eigenvalue weighted by atomic mass is 9.78. The average Bonchev–Trinajstić information content (AvgIpc) is 3.25. The Kier molecular flexibility index (Phi) is 4.66. The molecule has 6 nitrogen and oxygen atoms in total. The topological polar surface area (TPSA) is 54.9 Å². The molecule has 4 heterocycles. The van der Waals surface area contributed by atoms with E-state index in [0.717, 1.165) is 72.0 Å². The molecule has 0 bridgehead atoms. The van der Waals surface area contributed by atoms with Crippen molar-refractivity contribution in [2.75, 3.05) is 52.6 Å². The highest BCUT2D eigenvalue weighted by Crippen LogP contribution is 2.52. The zero-order valence-electron chi connectivity index (χ0n) is 15.9. The molecule has 27 heavy (non-hydrogen) atoms. The van der Waals surface area contributed by atoms with E-state index in [4.69, 9.17) is 9.47 Å². The van der Waals surface area contributed by atoms with Crippen molar-refractivity contribution in [2.24, 2.45) is 23.2 Å². The maximum atomic E-state index is 12.8. The highest BCUT2D eigenvalue weighted by Gasteiger charge is 2.59. The standard InChI is InChI=1S/C21H29N3O3/c25-20(19-17-12-27-13-18(17)19)24-7-3-21(4-8-24)14-23(9-10-26-15-21)11-16-1-5-22-6-2-16/h1-2,5-6,17-19H,3-4,7-15H2/t17-,18+,19?. The molecule has 0 N–H and O–H groups in total. The molecule has 6 heteroatoms. The van der Waals surface area contributed by atoms with Crippen LogP contribution < -0.4 is 0 Å². The number of hydrogen-bond donors (Lipinski definition) is 0. The molecule has 1 amide bonds. The largest absolute Gasteiger partial charge is 0.381 e. The van der Waals surface area contributed by atoms with E-state index in [9.17, 15) is 4.79 Å². The normalized spacial score (nSPS) is 32.9. The zero-order chi connectivity index (χ0) is 18.3. The summed E-state index contributed by atoms with van der Waals surface area (Å²) >= 11 is 0. The lowest BCUT2D eigenvalue weighted by Gasteiger charge is -2.43. The van der Waals surface area contributed by atoms with Gasteiger partial charge in [-0.2, -0.15) is 0 Å². The number of carbonyl (C=O) groups excluding carboxylic acids is 1. The lowest BCUT2D eigenvalue weighted by molar-refractivity contribution is -0.137. The van der Waals surface area contributed by atoms with Gasteiger partial charge in [0.15, 0.2) is 0 Å². The first-order chi connectivity index (χ1) is 13.2. The van der Waals surface area contributed by atoms with Crippen molar-refractivity contribution in [3.8, 4) is 0 Å². The monoisotopic (exact) mass is 371 g/mol. The number of pyridine rings is 1. The first-order valence-electron chi connectivity index (χ1n) is 10.3. The molecule has 4 fully saturated rings. The number of aromatic nitrogens is 1. The number of hydrogen-bond acceptors (Lipinski definition) is 5. The molecule has 3 aliphatic heterocycles. The van der Waals surface area contributed by atoms with E-state index < -0.39 is 0 Å². The van der Waals surface area contributed by atoms with Crippen molar-refractivity contribution >= 4 is 5.91 Å². The molecular weight excluding hydrogens is 342 g/mol. The number of ether oxygens (including phenoxy) is 2. The van der Waals surface area contributed by atoms with Crippen LogP contribution in [0.2, 0.25) is 0 Å². The summed E-state index contributed by atoms with van der Waals surface area (Å²) in [5.74, 6) is 1.64. The third kappa shape index (κ3) is 3.50. The van der Waals surface area contributed by atoms with Crippen LogP contribution in [0.5, 0.6) is 0 Å². The summed E-state index contributed by atoms with van der Waals surface area (Å²) in [4.78, 5) is 21.6. The first kappa shape index (κ1) is 17.6. The predicted molar refractivity (Wildman–Crippen MR) is 99.9 cm³/mol. The molecular formula is C21H29N3O3. The highest BCUT2D eigenvalue weighted by atomic mass is 16.5. The zero-order valence-corrected chi connectivity index (χ0v) is 15.9. The SMILES string of the molecule is O=C(C1[C@H]2COC[C@@H]12)N1CCC2(CC1)COCCN(Cc1ccncc1)C2. The number of rotatable bonds is 3. The van der Waals surface area contributed by atoms with E-state index >= 15 is 0 Å². The number of likely N-dealkylation sites (tertiary alicyclic amines) is 1. The van der Waals surface area contributed by atoms with Crippen molar-refractivity contribution in [1.82, 2.24) is 14.8 Å². The Balaban J connectivity index is 1.19. The average molecular weight is 371 g/mol. The number of carbonyl (C=O) groups is 1. The Hall–Kier alpha value is -1.50. The lowest BCUT2D eigenvalue weighted by Crippen LogP contribution is -2.49. The fourth-order valence-corrected chi connectivity index (χ4v) is 5.28. The summed E-state index contributed by atoms with van der Waals surface area (Å²) in [6.45, 7) is 7.92. The summed E-state index contributed by atoms with van der Waals surface area (Å²) in [6.07, 6.45) is 5.82. The summed E-state index contributed by atoms with van der Waals surface area (Å²) < 4.78 is 11.4. The van der Waals surface area contributed by atoms with E-state index in [0.29, 0.717) is 17.7 Å². The van der Waals surface area contributed by atoms with E-state index in [-0.39, 0.29) is 11.3 Å². The molecule has 3 saturated heterocycles. The van der Waals surface area contributed by atoms with Gasteiger partial charge in [-0.25, -0.2) is 0 Å². The van der Waals surface area contributed by atoms with Crippen LogP contribution in [-0.2, 0) is 20.8 Å². The van der Waals surface area contributed by atoms with Crippen LogP contribution in [0.25, 0.3) is 0 Å². The van der Waals surface area contributed by atoms with Crippen LogP contribution in [0.15, 0.2) is 24.5 Å². The van der Waals surface area contributed by atoms with Crippen LogP contribution in [0.4, 0.5) is 0 Å². The summed E-state index contributed by atoms with van der Waals surface area (Å²) in [6, 6.07) is 4.19. The maximum absolute atomic E-state index is 12.8. The molecule has 4 aliphatic rings. The van der Waals surface area contributed by atoms with Crippen molar-refractivity contribution in [2.45, 2.75) is 19.4 Å². The van der Waals surface area contributed by atoms with Crippen molar-refractivity contribution < 1.29 is 14.3 Å². The van der Waals surface area contributed by atoms with Crippen LogP contribution in [0.3, 0.4) is 0 Å². The number of piperidine rings is 1. The minimum Gasteiger partial charge on any atom is -0.381 e. The highest BCUT2D eigenvalue weighted by molar-refractivity contribution is 5.82. The molecule has 146 valence electrons. The smallest absolute Gasteiger partial charge is 0.226 e. The first-order valence-corrected chi connectivity index (χ1v) is 10.3. The Labute approximate surface area is 160 Å². The second-order valence-corrected chi connectivity index (χ2v) is 8.83. The van der Waals surface area contributed by atoms with Gasteiger partial charge >= 0.3 is 0 Å². The second-order valence-electron chi connectivity index (χ2n) is 8.83. The third-order valence-electron chi connectivity index (χ3n) is 7.05. The van der Waals surface area contributed by atoms with Crippen LogP contribution >= 0.6 is 0 Å². The van der Waals surface area contributed by atoms with Gasteiger partial charge in [-0.05, 0) is 42.4 Å². The van der Waals surface area contributed by atoms with Crippen LogP contribution in [-0.4, -0.2) is 73.3 Å². The van der Waals surface area contributed by atoms with Gasteiger partial charge in [-0.3, -0.25) is 14.7 Å². The summed E-state index contributed by atoms with van der Waals surface area (Å²) in [7, 11) is 0. The quantitative estimate of drug-likeness (QED) is 0.804. The number of amides is 1. The fourth-order valence-electron chi connectivity index (χ4n) is 5.28. The van der Waals surface area contributed by atoms with Crippen LogP contribution in [0, 0.1) is 23.2 Å². The molecule has 1 saturated carbocycles. The number of nitrogens with zero attached hydrogens (tertiary/aromatic N) is 3. The number of fused-ring (bicyclic) bond motifs is 1. The molecule has 1 unspecified atom stereocenters. The molecule has 0 aromatic carbocycles. The van der Waals surface area contributed by atoms with Gasteiger partial charge in [0.2, 0.25) is 5.91 Å². The van der Waals surface area contributed by atoms with Gasteiger partial charge in [-0.15, -0.1) is 0 Å². The van der Waals surface area contributed by atoms with E-state index in [1.165, 1.54) is 5.56 Å². The van der Waals surface area contributed by atoms with Gasteiger partial charge in [0, 0.05) is 56.5 Å². The van der Waals surface area contributed by atoms with Gasteiger partial charge in [0.25, 0.3) is 0 Å². The van der Waals surface area contributed by atoms with Crippen molar-refractivity contribution in [3.05, 3.63) is 30.1 Å². The minimum absolute atomic E-state index is 0.183. The second kappa shape index (κ2) is 7.15. The molecule has 1 spiro atoms. The molecule has 1 aliphatic carbocycles. The Morgan fingerprint density at radius 1 is 1.11 bits per heavy atom. The molecule has 1 aromatic rings. The van der Waals surface area contributed by atoms with Crippen molar-refractivity contribution in [1.29, 1.82) is 0 Å². The molecule has 1 aromatic heterocycles. The summed E-state index contributed by atoms with van der Waals surface area (Å²) in [5.41, 5.74) is 1.49. The summed E-state index contributed by atoms with van der Waals surface area (Å²) in [5, 5.41) is 0.